The number of methoxy groups -OCH3 is 1. The summed E-state index contributed by atoms with van der Waals surface area (Å²) in [5, 5.41) is 3.78. The number of hydrogen-bond acceptors (Lipinski definition) is 5. The molecule has 2 atom stereocenters. The van der Waals surface area contributed by atoms with Gasteiger partial charge in [0.1, 0.15) is 5.25 Å². The third kappa shape index (κ3) is 5.28. The van der Waals surface area contributed by atoms with Crippen molar-refractivity contribution in [3.63, 3.8) is 0 Å². The minimum absolute atomic E-state index is 0.107. The van der Waals surface area contributed by atoms with Crippen molar-refractivity contribution in [3.05, 3.63) is 33.8 Å². The van der Waals surface area contributed by atoms with Crippen molar-refractivity contribution in [2.75, 3.05) is 32.5 Å². The van der Waals surface area contributed by atoms with E-state index in [0.29, 0.717) is 16.6 Å². The van der Waals surface area contributed by atoms with Crippen LogP contribution in [-0.2, 0) is 14.3 Å². The number of rotatable bonds is 5. The molecule has 0 bridgehead atoms. The lowest BCUT2D eigenvalue weighted by Gasteiger charge is -2.30. The van der Waals surface area contributed by atoms with Gasteiger partial charge in [0, 0.05) is 28.9 Å². The Hall–Kier alpha value is -0.950. The molecule has 1 amide bonds. The number of carbonyl (C=O) groups excluding carboxylic acids is 2. The van der Waals surface area contributed by atoms with Gasteiger partial charge in [0.05, 0.1) is 19.7 Å². The molecule has 2 rings (SSSR count). The summed E-state index contributed by atoms with van der Waals surface area (Å²) in [6.07, 6.45) is 0. The number of nitrogens with one attached hydrogen (secondary N) is 1. The highest BCUT2D eigenvalue weighted by molar-refractivity contribution is 8.00. The van der Waals surface area contributed by atoms with Gasteiger partial charge in [0.15, 0.2) is 0 Å². The highest BCUT2D eigenvalue weighted by Crippen LogP contribution is 2.26. The molecule has 1 heterocycles. The number of nitrogens with zero attached hydrogens (tertiary/aromatic N) is 1. The summed E-state index contributed by atoms with van der Waals surface area (Å²) in [5.74, 6) is 0.446. The van der Waals surface area contributed by atoms with Crippen LogP contribution in [0.4, 0.5) is 0 Å². The van der Waals surface area contributed by atoms with Crippen LogP contribution >= 0.6 is 35.0 Å². The highest BCUT2D eigenvalue weighted by Gasteiger charge is 2.28. The predicted molar refractivity (Wildman–Crippen MR) is 97.7 cm³/mol. The van der Waals surface area contributed by atoms with Crippen LogP contribution in [0.15, 0.2) is 18.2 Å². The summed E-state index contributed by atoms with van der Waals surface area (Å²) in [7, 11) is 1.38. The van der Waals surface area contributed by atoms with E-state index in [0.717, 1.165) is 17.9 Å². The Kier molecular flexibility index (Phi) is 7.22. The predicted octanol–water partition coefficient (Wildman–Crippen LogP) is 2.76. The first kappa shape index (κ1) is 19.4. The lowest BCUT2D eigenvalue weighted by molar-refractivity contribution is -0.140. The van der Waals surface area contributed by atoms with Crippen molar-refractivity contribution < 1.29 is 14.3 Å². The van der Waals surface area contributed by atoms with Crippen molar-refractivity contribution >= 4 is 46.8 Å². The fraction of sp³-hybridized carbons (Fsp3) is 0.500. The zero-order valence-electron chi connectivity index (χ0n) is 13.6. The van der Waals surface area contributed by atoms with Gasteiger partial charge in [-0.2, -0.15) is 0 Å². The van der Waals surface area contributed by atoms with Crippen molar-refractivity contribution in [2.45, 2.75) is 18.2 Å². The van der Waals surface area contributed by atoms with E-state index in [9.17, 15) is 9.59 Å². The van der Waals surface area contributed by atoms with Crippen LogP contribution in [0.2, 0.25) is 10.0 Å². The molecule has 1 aromatic carbocycles. The SMILES string of the molecule is COC(=O)[C@@H]1CN(CC(=O)N[C@H](C)c2ccc(Cl)cc2Cl)CCS1. The highest BCUT2D eigenvalue weighted by atomic mass is 35.5. The summed E-state index contributed by atoms with van der Waals surface area (Å²) in [4.78, 5) is 25.9. The van der Waals surface area contributed by atoms with Gasteiger partial charge >= 0.3 is 5.97 Å². The van der Waals surface area contributed by atoms with E-state index in [1.807, 2.05) is 11.8 Å². The van der Waals surface area contributed by atoms with Crippen molar-refractivity contribution in [3.8, 4) is 0 Å². The number of esters is 1. The summed E-state index contributed by atoms with van der Waals surface area (Å²) in [6.45, 7) is 3.39. The van der Waals surface area contributed by atoms with Gasteiger partial charge in [0.25, 0.3) is 0 Å². The van der Waals surface area contributed by atoms with Crippen molar-refractivity contribution in [2.24, 2.45) is 0 Å². The summed E-state index contributed by atoms with van der Waals surface area (Å²) < 4.78 is 4.78. The quantitative estimate of drug-likeness (QED) is 0.783. The second-order valence-electron chi connectivity index (χ2n) is 5.57. The molecule has 132 valence electrons. The molecule has 0 aromatic heterocycles. The van der Waals surface area contributed by atoms with E-state index in [-0.39, 0.29) is 29.7 Å². The summed E-state index contributed by atoms with van der Waals surface area (Å²) in [6, 6.07) is 4.98. The molecule has 1 aliphatic rings. The maximum atomic E-state index is 12.3. The smallest absolute Gasteiger partial charge is 0.320 e. The Labute approximate surface area is 156 Å². The third-order valence-electron chi connectivity index (χ3n) is 3.79. The van der Waals surface area contributed by atoms with E-state index < -0.39 is 0 Å². The van der Waals surface area contributed by atoms with Crippen LogP contribution in [0, 0.1) is 0 Å². The molecular weight excluding hydrogens is 371 g/mol. The molecule has 1 saturated heterocycles. The van der Waals surface area contributed by atoms with Gasteiger partial charge in [-0.15, -0.1) is 11.8 Å². The fourth-order valence-corrected chi connectivity index (χ4v) is 4.31. The molecule has 0 radical (unpaired) electrons. The molecule has 0 saturated carbocycles. The van der Waals surface area contributed by atoms with Crippen LogP contribution < -0.4 is 5.32 Å². The average molecular weight is 391 g/mol. The van der Waals surface area contributed by atoms with E-state index in [4.69, 9.17) is 27.9 Å². The molecule has 8 heteroatoms. The van der Waals surface area contributed by atoms with Crippen LogP contribution in [0.3, 0.4) is 0 Å². The van der Waals surface area contributed by atoms with Crippen LogP contribution in [0.1, 0.15) is 18.5 Å². The number of carbonyl (C=O) groups is 2. The van der Waals surface area contributed by atoms with Crippen LogP contribution in [-0.4, -0.2) is 54.5 Å². The third-order valence-corrected chi connectivity index (χ3v) is 5.51. The monoisotopic (exact) mass is 390 g/mol. The first-order valence-electron chi connectivity index (χ1n) is 7.56. The minimum atomic E-state index is -0.244. The second kappa shape index (κ2) is 8.94. The molecule has 1 fully saturated rings. The molecule has 0 unspecified atom stereocenters. The van der Waals surface area contributed by atoms with Crippen LogP contribution in [0.5, 0.6) is 0 Å². The Morgan fingerprint density at radius 1 is 1.46 bits per heavy atom. The normalized spacial score (nSPS) is 19.6. The summed E-state index contributed by atoms with van der Waals surface area (Å²) in [5.41, 5.74) is 0.816. The summed E-state index contributed by atoms with van der Waals surface area (Å²) >= 11 is 13.6. The molecule has 5 nitrogen and oxygen atoms in total. The molecule has 0 spiro atoms. The largest absolute Gasteiger partial charge is 0.468 e. The number of thioether (sulfide) groups is 1. The molecule has 1 aliphatic heterocycles. The molecule has 0 aliphatic carbocycles. The topological polar surface area (TPSA) is 58.6 Å². The van der Waals surface area contributed by atoms with Gasteiger partial charge in [0.2, 0.25) is 5.91 Å². The van der Waals surface area contributed by atoms with E-state index >= 15 is 0 Å². The van der Waals surface area contributed by atoms with E-state index in [1.165, 1.54) is 7.11 Å². The van der Waals surface area contributed by atoms with Gasteiger partial charge in [-0.25, -0.2) is 0 Å². The Morgan fingerprint density at radius 2 is 2.21 bits per heavy atom. The lowest BCUT2D eigenvalue weighted by atomic mass is 10.1. The van der Waals surface area contributed by atoms with Gasteiger partial charge in [-0.1, -0.05) is 29.3 Å². The molecular formula is C16H20Cl2N2O3S. The number of ether oxygens (including phenoxy) is 1. The van der Waals surface area contributed by atoms with E-state index in [2.05, 4.69) is 5.32 Å². The number of amides is 1. The van der Waals surface area contributed by atoms with Crippen molar-refractivity contribution in [1.82, 2.24) is 10.2 Å². The Morgan fingerprint density at radius 3 is 2.88 bits per heavy atom. The molecule has 24 heavy (non-hydrogen) atoms. The van der Waals surface area contributed by atoms with Gasteiger partial charge < -0.3 is 10.1 Å². The van der Waals surface area contributed by atoms with E-state index in [1.54, 1.807) is 30.0 Å². The van der Waals surface area contributed by atoms with Gasteiger partial charge in [-0.3, -0.25) is 14.5 Å². The molecule has 1 aromatic rings. The Balaban J connectivity index is 1.89. The average Bonchev–Trinajstić information content (AvgIpc) is 2.53. The standard InChI is InChI=1S/C16H20Cl2N2O3S/c1-10(12-4-3-11(17)7-13(12)18)19-15(21)9-20-5-6-24-14(8-20)16(22)23-2/h3-4,7,10,14H,5-6,8-9H2,1-2H3,(H,19,21)/t10-,14+/m1/s1. The van der Waals surface area contributed by atoms with Crippen LogP contribution in [0.25, 0.3) is 0 Å². The first-order valence-corrected chi connectivity index (χ1v) is 9.37. The minimum Gasteiger partial charge on any atom is -0.468 e. The maximum Gasteiger partial charge on any atom is 0.320 e. The second-order valence-corrected chi connectivity index (χ2v) is 7.73. The number of halogens is 2. The Bertz CT molecular complexity index is 615. The number of benzene rings is 1. The molecule has 1 N–H and O–H groups in total. The maximum absolute atomic E-state index is 12.3. The zero-order chi connectivity index (χ0) is 17.7. The number of hydrogen-bond donors (Lipinski definition) is 1. The lowest BCUT2D eigenvalue weighted by Crippen LogP contribution is -2.46. The van der Waals surface area contributed by atoms with Crippen molar-refractivity contribution in [1.29, 1.82) is 0 Å². The van der Waals surface area contributed by atoms with Gasteiger partial charge in [-0.05, 0) is 24.6 Å². The first-order chi connectivity index (χ1) is 11.4. The zero-order valence-corrected chi connectivity index (χ0v) is 15.9. The fourth-order valence-electron chi connectivity index (χ4n) is 2.54.